The molecule has 2 aliphatic heterocycles. The Kier molecular flexibility index (Phi) is 3.92. The van der Waals surface area contributed by atoms with Crippen LogP contribution in [0.4, 0.5) is 5.69 Å². The predicted molar refractivity (Wildman–Crippen MR) is 79.0 cm³/mol. The van der Waals surface area contributed by atoms with E-state index in [1.165, 1.54) is 0 Å². The van der Waals surface area contributed by atoms with Crippen LogP contribution in [0.15, 0.2) is 24.3 Å². The number of nitrogens with one attached hydrogen (secondary N) is 1. The summed E-state index contributed by atoms with van der Waals surface area (Å²) in [5, 5.41) is 3.32. The molecule has 0 radical (unpaired) electrons. The summed E-state index contributed by atoms with van der Waals surface area (Å²) in [5.74, 6) is 0.132. The van der Waals surface area contributed by atoms with E-state index in [9.17, 15) is 4.79 Å². The van der Waals surface area contributed by atoms with Crippen LogP contribution in [-0.4, -0.2) is 42.6 Å². The van der Waals surface area contributed by atoms with Gasteiger partial charge in [0.25, 0.3) is 5.91 Å². The quantitative estimate of drug-likeness (QED) is 0.917. The first kappa shape index (κ1) is 13.4. The molecule has 4 heteroatoms. The van der Waals surface area contributed by atoms with E-state index in [2.05, 4.69) is 12.2 Å². The number of likely N-dealkylation sites (tertiary alicyclic amines) is 1. The van der Waals surface area contributed by atoms with Gasteiger partial charge in [-0.3, -0.25) is 4.79 Å². The third-order valence-electron chi connectivity index (χ3n) is 4.04. The maximum Gasteiger partial charge on any atom is 0.254 e. The molecule has 1 amide bonds. The number of carbonyl (C=O) groups excluding carboxylic acids is 1. The van der Waals surface area contributed by atoms with Crippen molar-refractivity contribution in [3.8, 4) is 0 Å². The van der Waals surface area contributed by atoms with Crippen LogP contribution < -0.4 is 5.32 Å². The first-order chi connectivity index (χ1) is 9.76. The summed E-state index contributed by atoms with van der Waals surface area (Å²) in [6.45, 7) is 4.58. The average molecular weight is 274 g/mol. The van der Waals surface area contributed by atoms with Crippen molar-refractivity contribution >= 4 is 11.6 Å². The van der Waals surface area contributed by atoms with Gasteiger partial charge in [-0.1, -0.05) is 6.92 Å². The lowest BCUT2D eigenvalue weighted by Crippen LogP contribution is -2.45. The van der Waals surface area contributed by atoms with Gasteiger partial charge < -0.3 is 15.0 Å². The van der Waals surface area contributed by atoms with Crippen molar-refractivity contribution < 1.29 is 9.53 Å². The Labute approximate surface area is 120 Å². The van der Waals surface area contributed by atoms with Crippen LogP contribution in [0.5, 0.6) is 0 Å². The zero-order chi connectivity index (χ0) is 13.9. The van der Waals surface area contributed by atoms with Crippen LogP contribution in [0, 0.1) is 0 Å². The fourth-order valence-electron chi connectivity index (χ4n) is 2.96. The molecule has 2 heterocycles. The van der Waals surface area contributed by atoms with Crippen molar-refractivity contribution in [2.24, 2.45) is 0 Å². The van der Waals surface area contributed by atoms with Crippen LogP contribution >= 0.6 is 0 Å². The normalized spacial score (nSPS) is 24.8. The summed E-state index contributed by atoms with van der Waals surface area (Å²) in [5.41, 5.74) is 1.85. The van der Waals surface area contributed by atoms with Crippen molar-refractivity contribution in [3.05, 3.63) is 29.8 Å². The monoisotopic (exact) mass is 274 g/mol. The van der Waals surface area contributed by atoms with Gasteiger partial charge in [0, 0.05) is 30.9 Å². The molecule has 0 spiro atoms. The Balaban J connectivity index is 1.64. The minimum Gasteiger partial charge on any atom is -0.385 e. The van der Waals surface area contributed by atoms with Gasteiger partial charge in [-0.05, 0) is 43.5 Å². The molecule has 2 atom stereocenters. The van der Waals surface area contributed by atoms with E-state index in [4.69, 9.17) is 4.74 Å². The molecule has 0 aromatic heterocycles. The average Bonchev–Trinajstić information content (AvgIpc) is 2.83. The lowest BCUT2D eigenvalue weighted by molar-refractivity contribution is -0.0303. The fourth-order valence-corrected chi connectivity index (χ4v) is 2.96. The number of rotatable bonds is 4. The molecule has 2 bridgehead atoms. The summed E-state index contributed by atoms with van der Waals surface area (Å²) in [7, 11) is 0. The summed E-state index contributed by atoms with van der Waals surface area (Å²) >= 11 is 0. The molecule has 2 saturated heterocycles. The second kappa shape index (κ2) is 5.83. The van der Waals surface area contributed by atoms with E-state index >= 15 is 0 Å². The molecule has 2 unspecified atom stereocenters. The molecule has 0 aliphatic carbocycles. The van der Waals surface area contributed by atoms with Crippen LogP contribution in [0.1, 0.15) is 36.5 Å². The maximum atomic E-state index is 12.5. The zero-order valence-corrected chi connectivity index (χ0v) is 12.0. The van der Waals surface area contributed by atoms with Gasteiger partial charge in [0.1, 0.15) is 0 Å². The second-order valence-corrected chi connectivity index (χ2v) is 5.67. The Morgan fingerprint density at radius 3 is 2.50 bits per heavy atom. The van der Waals surface area contributed by atoms with Gasteiger partial charge in [0.15, 0.2) is 0 Å². The molecular formula is C16H22N2O2. The first-order valence-corrected chi connectivity index (χ1v) is 7.55. The number of hydrogen-bond donors (Lipinski definition) is 1. The molecule has 3 rings (SSSR count). The number of fused-ring (bicyclic) bond motifs is 2. The highest BCUT2D eigenvalue weighted by Gasteiger charge is 2.35. The molecule has 2 fully saturated rings. The van der Waals surface area contributed by atoms with E-state index in [1.54, 1.807) is 0 Å². The number of nitrogens with zero attached hydrogens (tertiary/aromatic N) is 1. The van der Waals surface area contributed by atoms with E-state index < -0.39 is 0 Å². The molecule has 1 aromatic carbocycles. The highest BCUT2D eigenvalue weighted by molar-refractivity contribution is 5.94. The lowest BCUT2D eigenvalue weighted by Gasteiger charge is -2.32. The van der Waals surface area contributed by atoms with Crippen LogP contribution in [0.2, 0.25) is 0 Å². The maximum absolute atomic E-state index is 12.5. The minimum atomic E-state index is 0.132. The van der Waals surface area contributed by atoms with E-state index in [0.717, 1.165) is 50.1 Å². The molecule has 1 aromatic rings. The number of ether oxygens (including phenoxy) is 1. The molecule has 4 nitrogen and oxygen atoms in total. The Morgan fingerprint density at radius 2 is 1.90 bits per heavy atom. The van der Waals surface area contributed by atoms with E-state index in [-0.39, 0.29) is 18.1 Å². The number of anilines is 1. The highest BCUT2D eigenvalue weighted by Crippen LogP contribution is 2.27. The van der Waals surface area contributed by atoms with Crippen molar-refractivity contribution in [3.63, 3.8) is 0 Å². The van der Waals surface area contributed by atoms with Crippen molar-refractivity contribution in [1.82, 2.24) is 4.90 Å². The Hall–Kier alpha value is -1.55. The molecule has 0 saturated carbocycles. The van der Waals surface area contributed by atoms with Crippen molar-refractivity contribution in [1.29, 1.82) is 0 Å². The molecular weight excluding hydrogens is 252 g/mol. The topological polar surface area (TPSA) is 41.6 Å². The zero-order valence-electron chi connectivity index (χ0n) is 12.0. The number of benzene rings is 1. The fraction of sp³-hybridized carbons (Fsp3) is 0.562. The van der Waals surface area contributed by atoms with Crippen LogP contribution in [0.25, 0.3) is 0 Å². The largest absolute Gasteiger partial charge is 0.385 e. The van der Waals surface area contributed by atoms with E-state index in [1.807, 2.05) is 29.2 Å². The van der Waals surface area contributed by atoms with Gasteiger partial charge in [-0.25, -0.2) is 0 Å². The number of morpholine rings is 1. The van der Waals surface area contributed by atoms with Gasteiger partial charge in [-0.15, -0.1) is 0 Å². The summed E-state index contributed by atoms with van der Waals surface area (Å²) < 4.78 is 5.77. The number of carbonyl (C=O) groups is 1. The van der Waals surface area contributed by atoms with Gasteiger partial charge in [0.05, 0.1) is 12.2 Å². The molecule has 20 heavy (non-hydrogen) atoms. The highest BCUT2D eigenvalue weighted by atomic mass is 16.5. The minimum absolute atomic E-state index is 0.132. The Bertz CT molecular complexity index is 460. The number of hydrogen-bond acceptors (Lipinski definition) is 3. The first-order valence-electron chi connectivity index (χ1n) is 7.55. The summed E-state index contributed by atoms with van der Waals surface area (Å²) in [6, 6.07) is 7.80. The lowest BCUT2D eigenvalue weighted by atomic mass is 10.1. The Morgan fingerprint density at radius 1 is 1.25 bits per heavy atom. The van der Waals surface area contributed by atoms with E-state index in [0.29, 0.717) is 0 Å². The molecule has 2 aliphatic rings. The molecule has 1 N–H and O–H groups in total. The molecule has 108 valence electrons. The summed E-state index contributed by atoms with van der Waals surface area (Å²) in [6.07, 6.45) is 3.78. The van der Waals surface area contributed by atoms with Gasteiger partial charge >= 0.3 is 0 Å². The second-order valence-electron chi connectivity index (χ2n) is 5.67. The standard InChI is InChI=1S/C16H22N2O2/c1-2-9-17-13-5-3-12(4-6-13)16(19)18-10-14-7-8-15(11-18)20-14/h3-6,14-15,17H,2,7-11H2,1H3. The van der Waals surface area contributed by atoms with Crippen LogP contribution in [0.3, 0.4) is 0 Å². The predicted octanol–water partition coefficient (Wildman–Crippen LogP) is 2.51. The number of amides is 1. The SMILES string of the molecule is CCCNc1ccc(C(=O)N2CC3CCC(C2)O3)cc1. The smallest absolute Gasteiger partial charge is 0.254 e. The third-order valence-corrected chi connectivity index (χ3v) is 4.04. The van der Waals surface area contributed by atoms with Gasteiger partial charge in [-0.2, -0.15) is 0 Å². The van der Waals surface area contributed by atoms with Crippen molar-refractivity contribution in [2.75, 3.05) is 25.0 Å². The summed E-state index contributed by atoms with van der Waals surface area (Å²) in [4.78, 5) is 14.4. The van der Waals surface area contributed by atoms with Crippen LogP contribution in [-0.2, 0) is 4.74 Å². The van der Waals surface area contributed by atoms with Gasteiger partial charge in [0.2, 0.25) is 0 Å². The third kappa shape index (κ3) is 2.80. The van der Waals surface area contributed by atoms with Crippen molar-refractivity contribution in [2.45, 2.75) is 38.4 Å².